The van der Waals surface area contributed by atoms with Gasteiger partial charge in [-0.25, -0.2) is 13.6 Å². The van der Waals surface area contributed by atoms with E-state index in [1.807, 2.05) is 0 Å². The highest BCUT2D eigenvalue weighted by Crippen LogP contribution is 2.21. The van der Waals surface area contributed by atoms with E-state index in [0.717, 1.165) is 6.42 Å². The van der Waals surface area contributed by atoms with Crippen molar-refractivity contribution < 1.29 is 8.42 Å². The molecule has 0 saturated heterocycles. The smallest absolute Gasteiger partial charge is 0.240 e. The molecule has 18 heavy (non-hydrogen) atoms. The monoisotopic (exact) mass is 271 g/mol. The molecule has 6 heteroatoms. The quantitative estimate of drug-likeness (QED) is 0.722. The second-order valence-electron chi connectivity index (χ2n) is 4.75. The Hall–Kier alpha value is -1.11. The van der Waals surface area contributed by atoms with Crippen LogP contribution in [0.15, 0.2) is 29.2 Å². The summed E-state index contributed by atoms with van der Waals surface area (Å²) < 4.78 is 22.9. The highest BCUT2D eigenvalue weighted by molar-refractivity contribution is 7.89. The first-order chi connectivity index (χ1) is 8.34. The number of anilines is 1. The molecule has 1 aromatic rings. The minimum absolute atomic E-state index is 0.0351. The number of primary sulfonamides is 1. The molecule has 5 N–H and O–H groups in total. The number of nitrogens with one attached hydrogen (secondary N) is 1. The number of hydrogen-bond donors (Lipinski definition) is 3. The molecule has 0 fully saturated rings. The van der Waals surface area contributed by atoms with E-state index in [2.05, 4.69) is 19.2 Å². The molecule has 1 rings (SSSR count). The Kier molecular flexibility index (Phi) is 5.13. The lowest BCUT2D eigenvalue weighted by molar-refractivity contribution is 0.521. The van der Waals surface area contributed by atoms with Crippen LogP contribution in [0.25, 0.3) is 0 Å². The van der Waals surface area contributed by atoms with Gasteiger partial charge in [0.15, 0.2) is 0 Å². The van der Waals surface area contributed by atoms with Crippen molar-refractivity contribution in [1.29, 1.82) is 0 Å². The zero-order valence-electron chi connectivity index (χ0n) is 10.8. The van der Waals surface area contributed by atoms with Crippen molar-refractivity contribution in [3.8, 4) is 0 Å². The van der Waals surface area contributed by atoms with E-state index >= 15 is 0 Å². The van der Waals surface area contributed by atoms with Gasteiger partial charge < -0.3 is 11.1 Å². The van der Waals surface area contributed by atoms with Gasteiger partial charge in [-0.3, -0.25) is 0 Å². The van der Waals surface area contributed by atoms with Gasteiger partial charge in [-0.05, 0) is 24.5 Å². The first-order valence-electron chi connectivity index (χ1n) is 5.93. The summed E-state index contributed by atoms with van der Waals surface area (Å²) >= 11 is 0. The molecule has 0 aliphatic carbocycles. The van der Waals surface area contributed by atoms with Crippen molar-refractivity contribution in [1.82, 2.24) is 0 Å². The lowest BCUT2D eigenvalue weighted by Crippen LogP contribution is -2.31. The second kappa shape index (κ2) is 6.17. The maximum Gasteiger partial charge on any atom is 0.240 e. The highest BCUT2D eigenvalue weighted by Gasteiger charge is 2.16. The Bertz CT molecular complexity index is 486. The van der Waals surface area contributed by atoms with Gasteiger partial charge in [0, 0.05) is 12.6 Å². The van der Waals surface area contributed by atoms with E-state index < -0.39 is 10.0 Å². The maximum atomic E-state index is 11.5. The molecule has 0 amide bonds. The molecule has 0 aromatic heterocycles. The topological polar surface area (TPSA) is 98.2 Å². The van der Waals surface area contributed by atoms with Crippen molar-refractivity contribution in [3.63, 3.8) is 0 Å². The molecule has 102 valence electrons. The third-order valence-corrected chi connectivity index (χ3v) is 3.56. The molecule has 0 spiro atoms. The zero-order chi connectivity index (χ0) is 13.8. The van der Waals surface area contributed by atoms with Crippen LogP contribution >= 0.6 is 0 Å². The Morgan fingerprint density at radius 3 is 2.39 bits per heavy atom. The molecule has 1 atom stereocenters. The predicted octanol–water partition coefficient (Wildman–Crippen LogP) is 1.12. The van der Waals surface area contributed by atoms with E-state index in [-0.39, 0.29) is 10.9 Å². The van der Waals surface area contributed by atoms with Crippen LogP contribution in [-0.2, 0) is 10.0 Å². The van der Waals surface area contributed by atoms with Crippen molar-refractivity contribution in [2.75, 3.05) is 11.9 Å². The van der Waals surface area contributed by atoms with E-state index in [9.17, 15) is 8.42 Å². The fourth-order valence-electron chi connectivity index (χ4n) is 1.84. The van der Waals surface area contributed by atoms with Gasteiger partial charge in [-0.2, -0.15) is 0 Å². The summed E-state index contributed by atoms with van der Waals surface area (Å²) in [6.07, 6.45) is 0.870. The average molecular weight is 271 g/mol. The van der Waals surface area contributed by atoms with Crippen LogP contribution < -0.4 is 16.2 Å². The van der Waals surface area contributed by atoms with E-state index in [1.165, 1.54) is 6.07 Å². The van der Waals surface area contributed by atoms with Crippen LogP contribution in [0.3, 0.4) is 0 Å². The number of hydrogen-bond acceptors (Lipinski definition) is 4. The van der Waals surface area contributed by atoms with Crippen LogP contribution in [0.5, 0.6) is 0 Å². The lowest BCUT2D eigenvalue weighted by atomic mass is 10.0. The Labute approximate surface area is 109 Å². The molecular formula is C12H21N3O2S. The summed E-state index contributed by atoms with van der Waals surface area (Å²) in [6, 6.07) is 6.63. The molecule has 0 radical (unpaired) electrons. The van der Waals surface area contributed by atoms with Gasteiger partial charge in [-0.15, -0.1) is 0 Å². The second-order valence-corrected chi connectivity index (χ2v) is 6.28. The zero-order valence-corrected chi connectivity index (χ0v) is 11.6. The van der Waals surface area contributed by atoms with Gasteiger partial charge in [0.25, 0.3) is 0 Å². The number of rotatable bonds is 6. The van der Waals surface area contributed by atoms with E-state index in [1.54, 1.807) is 18.2 Å². The maximum absolute atomic E-state index is 11.5. The first-order valence-corrected chi connectivity index (χ1v) is 7.47. The van der Waals surface area contributed by atoms with Gasteiger partial charge in [-0.1, -0.05) is 26.0 Å². The highest BCUT2D eigenvalue weighted by atomic mass is 32.2. The summed E-state index contributed by atoms with van der Waals surface area (Å²) in [7, 11) is -3.72. The van der Waals surface area contributed by atoms with Crippen LogP contribution in [0.1, 0.15) is 20.3 Å². The van der Waals surface area contributed by atoms with Crippen LogP contribution in [0.4, 0.5) is 5.69 Å². The molecule has 0 heterocycles. The van der Waals surface area contributed by atoms with Crippen molar-refractivity contribution in [2.45, 2.75) is 31.2 Å². The first kappa shape index (κ1) is 14.9. The van der Waals surface area contributed by atoms with Crippen LogP contribution in [0.2, 0.25) is 0 Å². The van der Waals surface area contributed by atoms with Gasteiger partial charge in [0.2, 0.25) is 10.0 Å². The van der Waals surface area contributed by atoms with E-state index in [0.29, 0.717) is 18.2 Å². The fourth-order valence-corrected chi connectivity index (χ4v) is 2.54. The minimum Gasteiger partial charge on any atom is -0.380 e. The van der Waals surface area contributed by atoms with Gasteiger partial charge in [0.05, 0.1) is 5.69 Å². The Morgan fingerprint density at radius 2 is 1.89 bits per heavy atom. The van der Waals surface area contributed by atoms with Gasteiger partial charge >= 0.3 is 0 Å². The lowest BCUT2D eigenvalue weighted by Gasteiger charge is -2.21. The van der Waals surface area contributed by atoms with Crippen LogP contribution in [0, 0.1) is 5.92 Å². The number of nitrogens with two attached hydrogens (primary N) is 2. The minimum atomic E-state index is -3.72. The SMILES string of the molecule is CC(C)CC(CN)Nc1ccccc1S(N)(=O)=O. The van der Waals surface area contributed by atoms with Crippen molar-refractivity contribution in [3.05, 3.63) is 24.3 Å². The fraction of sp³-hybridized carbons (Fsp3) is 0.500. The number of sulfonamides is 1. The third kappa shape index (κ3) is 4.29. The molecule has 0 bridgehead atoms. The third-order valence-electron chi connectivity index (χ3n) is 2.59. The number of benzene rings is 1. The predicted molar refractivity (Wildman–Crippen MR) is 73.7 cm³/mol. The molecular weight excluding hydrogens is 250 g/mol. The standard InChI is InChI=1S/C12H21N3O2S/c1-9(2)7-10(8-13)15-11-5-3-4-6-12(11)18(14,16)17/h3-6,9-10,15H,7-8,13H2,1-2H3,(H2,14,16,17). The van der Waals surface area contributed by atoms with Crippen molar-refractivity contribution in [2.24, 2.45) is 16.8 Å². The van der Waals surface area contributed by atoms with Crippen molar-refractivity contribution >= 4 is 15.7 Å². The summed E-state index contributed by atoms with van der Waals surface area (Å²) in [5.41, 5.74) is 6.20. The normalized spacial score (nSPS) is 13.6. The van der Waals surface area contributed by atoms with Crippen LogP contribution in [-0.4, -0.2) is 21.0 Å². The molecule has 1 aromatic carbocycles. The molecule has 0 aliphatic rings. The molecule has 0 saturated carbocycles. The summed E-state index contributed by atoms with van der Waals surface area (Å²) in [5.74, 6) is 0.479. The molecule has 0 aliphatic heterocycles. The molecule has 1 unspecified atom stereocenters. The van der Waals surface area contributed by atoms with E-state index in [4.69, 9.17) is 10.9 Å². The summed E-state index contributed by atoms with van der Waals surface area (Å²) in [5, 5.41) is 8.33. The summed E-state index contributed by atoms with van der Waals surface area (Å²) in [6.45, 7) is 4.63. The molecule has 5 nitrogen and oxygen atoms in total. The summed E-state index contributed by atoms with van der Waals surface area (Å²) in [4.78, 5) is 0.104. The average Bonchev–Trinajstić information content (AvgIpc) is 2.26. The Morgan fingerprint density at radius 1 is 1.28 bits per heavy atom. The largest absolute Gasteiger partial charge is 0.380 e. The Balaban J connectivity index is 2.96. The number of para-hydroxylation sites is 1. The van der Waals surface area contributed by atoms with Gasteiger partial charge in [0.1, 0.15) is 4.90 Å².